The van der Waals surface area contributed by atoms with Gasteiger partial charge >= 0.3 is 6.61 Å². The quantitative estimate of drug-likeness (QED) is 0.400. The van der Waals surface area contributed by atoms with Crippen LogP contribution in [0.4, 0.5) is 13.2 Å². The Balaban J connectivity index is 1.69. The van der Waals surface area contributed by atoms with Gasteiger partial charge in [-0.2, -0.15) is 24.2 Å². The minimum absolute atomic E-state index is 0.0568. The number of aryl methyl sites for hydroxylation is 1. The molecule has 1 amide bonds. The molecule has 2 N–H and O–H groups in total. The second-order valence-electron chi connectivity index (χ2n) is 8.23. The number of ether oxygens (including phenoxy) is 2. The molecule has 2 atom stereocenters. The van der Waals surface area contributed by atoms with Crippen molar-refractivity contribution in [1.82, 2.24) is 25.3 Å². The molecule has 12 heteroatoms. The van der Waals surface area contributed by atoms with Crippen LogP contribution in [0.2, 0.25) is 0 Å². The number of hydrogen-bond acceptors (Lipinski definition) is 6. The van der Waals surface area contributed by atoms with Gasteiger partial charge in [-0.05, 0) is 30.3 Å². The maximum Gasteiger partial charge on any atom is 0.387 e. The van der Waals surface area contributed by atoms with Crippen LogP contribution in [0.5, 0.6) is 11.5 Å². The lowest BCUT2D eigenvalue weighted by Gasteiger charge is -2.17. The zero-order valence-electron chi connectivity index (χ0n) is 19.1. The number of nitrogens with one attached hydrogen (secondary N) is 2. The Hall–Kier alpha value is -4.53. The summed E-state index contributed by atoms with van der Waals surface area (Å²) in [6, 6.07) is 9.38. The summed E-state index contributed by atoms with van der Waals surface area (Å²) in [6.45, 7) is -3.23. The third-order valence-corrected chi connectivity index (χ3v) is 5.90. The smallest absolute Gasteiger partial charge is 0.387 e. The predicted molar refractivity (Wildman–Crippen MR) is 122 cm³/mol. The van der Waals surface area contributed by atoms with Gasteiger partial charge in [-0.1, -0.05) is 0 Å². The van der Waals surface area contributed by atoms with Gasteiger partial charge in [-0.25, -0.2) is 4.39 Å². The van der Waals surface area contributed by atoms with Crippen LogP contribution in [0.25, 0.3) is 33.4 Å². The Morgan fingerprint density at radius 2 is 2.03 bits per heavy atom. The first-order chi connectivity index (χ1) is 17.3. The fourth-order valence-corrected chi connectivity index (χ4v) is 4.17. The maximum atomic E-state index is 13.3. The first kappa shape index (κ1) is 23.2. The van der Waals surface area contributed by atoms with E-state index in [9.17, 15) is 23.2 Å². The van der Waals surface area contributed by atoms with Crippen molar-refractivity contribution in [2.75, 3.05) is 7.11 Å². The summed E-state index contributed by atoms with van der Waals surface area (Å²) in [5.74, 6) is -1.30. The standard InChI is InChI=1S/C24H19F3N6O3/c1-33-22(20-13(10-28)5-11(6-17(20)32-33)15-3-4-29-31-15)12-7-18(35-2)21(19(8-12)36-24(26)27)23(34)30-16-9-14(16)25/h3-8,14,16,24H,9H2,1-2H3,(H,29,31)(H,30,34)/t14-,16+/m0/s1. The lowest BCUT2D eigenvalue weighted by atomic mass is 9.98. The van der Waals surface area contributed by atoms with Crippen LogP contribution in [0.1, 0.15) is 22.3 Å². The van der Waals surface area contributed by atoms with Gasteiger partial charge in [0.15, 0.2) is 0 Å². The van der Waals surface area contributed by atoms with Crippen LogP contribution in [-0.4, -0.2) is 51.8 Å². The van der Waals surface area contributed by atoms with Gasteiger partial charge < -0.3 is 14.8 Å². The number of fused-ring (bicyclic) bond motifs is 1. The van der Waals surface area contributed by atoms with E-state index in [2.05, 4.69) is 31.4 Å². The highest BCUT2D eigenvalue weighted by Crippen LogP contribution is 2.40. The van der Waals surface area contributed by atoms with E-state index in [-0.39, 0.29) is 17.7 Å². The first-order valence-corrected chi connectivity index (χ1v) is 10.8. The van der Waals surface area contributed by atoms with Crippen molar-refractivity contribution < 1.29 is 27.4 Å². The molecule has 1 fully saturated rings. The van der Waals surface area contributed by atoms with Crippen LogP contribution in [0.15, 0.2) is 36.5 Å². The largest absolute Gasteiger partial charge is 0.496 e. The fraction of sp³-hybridized carbons (Fsp3) is 0.250. The molecule has 0 spiro atoms. The molecule has 9 nitrogen and oxygen atoms in total. The van der Waals surface area contributed by atoms with Crippen molar-refractivity contribution in [3.8, 4) is 40.1 Å². The van der Waals surface area contributed by atoms with Crippen molar-refractivity contribution in [2.24, 2.45) is 7.05 Å². The predicted octanol–water partition coefficient (Wildman–Crippen LogP) is 3.95. The summed E-state index contributed by atoms with van der Waals surface area (Å²) in [5.41, 5.74) is 2.62. The van der Waals surface area contributed by atoms with Gasteiger partial charge in [0, 0.05) is 36.2 Å². The topological polar surface area (TPSA) is 118 Å². The molecule has 0 aliphatic heterocycles. The second-order valence-corrected chi connectivity index (χ2v) is 8.23. The van der Waals surface area contributed by atoms with Crippen molar-refractivity contribution in [2.45, 2.75) is 25.2 Å². The Kier molecular flexibility index (Phi) is 5.75. The molecule has 0 unspecified atom stereocenters. The lowest BCUT2D eigenvalue weighted by Crippen LogP contribution is -2.28. The van der Waals surface area contributed by atoms with Crippen molar-refractivity contribution in [3.05, 3.63) is 47.7 Å². The van der Waals surface area contributed by atoms with Crippen LogP contribution < -0.4 is 14.8 Å². The normalized spacial score (nSPS) is 16.7. The number of H-pyrrole nitrogens is 1. The van der Waals surface area contributed by atoms with Gasteiger partial charge in [0.2, 0.25) is 0 Å². The Morgan fingerprint density at radius 3 is 2.64 bits per heavy atom. The number of amides is 1. The maximum absolute atomic E-state index is 13.3. The molecule has 2 heterocycles. The number of alkyl halides is 3. The van der Waals surface area contributed by atoms with Crippen molar-refractivity contribution in [1.29, 1.82) is 5.26 Å². The van der Waals surface area contributed by atoms with Crippen LogP contribution in [-0.2, 0) is 7.05 Å². The van der Waals surface area contributed by atoms with Gasteiger partial charge in [0.25, 0.3) is 5.91 Å². The SMILES string of the molecule is COc1cc(-c2c3c(C#N)cc(-c4ccn[nH]4)cc3nn2C)cc(OC(F)F)c1C(=O)N[C@@H]1C[C@@H]1F. The third-order valence-electron chi connectivity index (χ3n) is 5.90. The molecule has 4 aromatic rings. The number of carbonyl (C=O) groups is 1. The molecule has 184 valence electrons. The van der Waals surface area contributed by atoms with E-state index in [1.165, 1.54) is 23.9 Å². The van der Waals surface area contributed by atoms with E-state index in [0.717, 1.165) is 0 Å². The first-order valence-electron chi connectivity index (χ1n) is 10.8. The molecule has 0 radical (unpaired) electrons. The molecular formula is C24H19F3N6O3. The summed E-state index contributed by atoms with van der Waals surface area (Å²) in [7, 11) is 2.91. The number of methoxy groups -OCH3 is 1. The van der Waals surface area contributed by atoms with Crippen LogP contribution >= 0.6 is 0 Å². The summed E-state index contributed by atoms with van der Waals surface area (Å²) < 4.78 is 51.5. The van der Waals surface area contributed by atoms with Gasteiger partial charge in [-0.15, -0.1) is 0 Å². The Bertz CT molecular complexity index is 1510. The Morgan fingerprint density at radius 1 is 1.28 bits per heavy atom. The van der Waals surface area contributed by atoms with Gasteiger partial charge in [0.1, 0.15) is 23.2 Å². The molecule has 2 aromatic heterocycles. The number of aromatic nitrogens is 4. The average molecular weight is 496 g/mol. The molecule has 0 bridgehead atoms. The van der Waals surface area contributed by atoms with Gasteiger partial charge in [-0.3, -0.25) is 14.6 Å². The zero-order chi connectivity index (χ0) is 25.6. The monoisotopic (exact) mass is 496 g/mol. The minimum Gasteiger partial charge on any atom is -0.496 e. The summed E-state index contributed by atoms with van der Waals surface area (Å²) >= 11 is 0. The van der Waals surface area contributed by atoms with E-state index in [0.29, 0.717) is 39.0 Å². The number of carbonyl (C=O) groups excluding carboxylic acids is 1. The molecule has 36 heavy (non-hydrogen) atoms. The van der Waals surface area contributed by atoms with Crippen molar-refractivity contribution in [3.63, 3.8) is 0 Å². The molecule has 1 saturated carbocycles. The summed E-state index contributed by atoms with van der Waals surface area (Å²) in [4.78, 5) is 12.8. The Labute approximate surface area is 202 Å². The minimum atomic E-state index is -3.23. The van der Waals surface area contributed by atoms with Crippen LogP contribution in [0, 0.1) is 11.3 Å². The number of rotatable bonds is 7. The zero-order valence-corrected chi connectivity index (χ0v) is 19.1. The summed E-state index contributed by atoms with van der Waals surface area (Å²) in [5, 5.41) is 24.1. The number of benzene rings is 2. The van der Waals surface area contributed by atoms with E-state index in [1.54, 1.807) is 31.4 Å². The van der Waals surface area contributed by atoms with E-state index in [4.69, 9.17) is 4.74 Å². The number of hydrogen-bond donors (Lipinski definition) is 2. The van der Waals surface area contributed by atoms with Crippen molar-refractivity contribution >= 4 is 16.8 Å². The number of aromatic amines is 1. The molecule has 1 aliphatic rings. The van der Waals surface area contributed by atoms with E-state index >= 15 is 0 Å². The number of nitriles is 1. The number of nitrogens with zero attached hydrogens (tertiary/aromatic N) is 4. The highest BCUT2D eigenvalue weighted by molar-refractivity contribution is 6.03. The molecule has 1 aliphatic carbocycles. The second kappa shape index (κ2) is 8.92. The average Bonchev–Trinajstić information content (AvgIpc) is 3.21. The molecule has 2 aromatic carbocycles. The van der Waals surface area contributed by atoms with E-state index in [1.807, 2.05) is 0 Å². The molecular weight excluding hydrogens is 477 g/mol. The summed E-state index contributed by atoms with van der Waals surface area (Å²) in [6.07, 6.45) is 0.548. The molecule has 5 rings (SSSR count). The van der Waals surface area contributed by atoms with Crippen LogP contribution in [0.3, 0.4) is 0 Å². The lowest BCUT2D eigenvalue weighted by molar-refractivity contribution is -0.0502. The highest BCUT2D eigenvalue weighted by Gasteiger charge is 2.40. The fourth-order valence-electron chi connectivity index (χ4n) is 4.17. The molecule has 0 saturated heterocycles. The number of halogens is 3. The third kappa shape index (κ3) is 4.08. The highest BCUT2D eigenvalue weighted by atomic mass is 19.3. The van der Waals surface area contributed by atoms with Gasteiger partial charge in [0.05, 0.1) is 41.7 Å². The van der Waals surface area contributed by atoms with E-state index < -0.39 is 30.5 Å².